The number of hydrogen-bond donors (Lipinski definition) is 2. The maximum absolute atomic E-state index is 11.6. The van der Waals surface area contributed by atoms with Crippen LogP contribution in [0.5, 0.6) is 0 Å². The molecule has 0 aromatic rings. The molecule has 1 rings (SSSR count). The highest BCUT2D eigenvalue weighted by atomic mass is 16.2. The largest absolute Gasteiger partial charge is 0.354 e. The number of nitrogens with one attached hydrogen (secondary N) is 1. The molecule has 1 aliphatic carbocycles. The van der Waals surface area contributed by atoms with Gasteiger partial charge in [-0.1, -0.05) is 27.7 Å². The van der Waals surface area contributed by atoms with Gasteiger partial charge in [-0.25, -0.2) is 0 Å². The van der Waals surface area contributed by atoms with Crippen molar-refractivity contribution in [3.63, 3.8) is 0 Å². The Morgan fingerprint density at radius 2 is 2.07 bits per heavy atom. The summed E-state index contributed by atoms with van der Waals surface area (Å²) >= 11 is 0. The van der Waals surface area contributed by atoms with Crippen molar-refractivity contribution in [1.29, 1.82) is 0 Å². The van der Waals surface area contributed by atoms with E-state index in [-0.39, 0.29) is 23.3 Å². The number of carbonyl (C=O) groups excluding carboxylic acids is 1. The Balaban J connectivity index is 2.23. The summed E-state index contributed by atoms with van der Waals surface area (Å²) in [7, 11) is 0. The molecule has 1 amide bonds. The summed E-state index contributed by atoms with van der Waals surface area (Å²) in [5.74, 6) is 0.801. The van der Waals surface area contributed by atoms with Gasteiger partial charge < -0.3 is 11.1 Å². The monoisotopic (exact) mass is 198 g/mol. The molecule has 0 aliphatic heterocycles. The predicted octanol–water partition coefficient (Wildman–Crippen LogP) is 1.13. The second-order valence-corrected chi connectivity index (χ2v) is 5.40. The molecule has 14 heavy (non-hydrogen) atoms. The maximum atomic E-state index is 11.6. The minimum Gasteiger partial charge on any atom is -0.354 e. The molecule has 2 atom stereocenters. The number of rotatable bonds is 4. The minimum atomic E-state index is 0.0702. The van der Waals surface area contributed by atoms with Crippen LogP contribution in [0.15, 0.2) is 0 Å². The van der Waals surface area contributed by atoms with E-state index in [1.807, 2.05) is 0 Å². The fraction of sp³-hybridized carbons (Fsp3) is 0.909. The lowest BCUT2D eigenvalue weighted by Crippen LogP contribution is -2.41. The Bertz CT molecular complexity index is 223. The number of carbonyl (C=O) groups is 1. The highest BCUT2D eigenvalue weighted by Crippen LogP contribution is 2.51. The lowest BCUT2D eigenvalue weighted by Gasteiger charge is -2.16. The zero-order chi connectivity index (χ0) is 10.9. The van der Waals surface area contributed by atoms with Crippen LogP contribution in [0, 0.1) is 17.3 Å². The molecule has 3 nitrogen and oxygen atoms in total. The Morgan fingerprint density at radius 3 is 2.43 bits per heavy atom. The fourth-order valence-electron chi connectivity index (χ4n) is 1.49. The van der Waals surface area contributed by atoms with Crippen LogP contribution in [0.1, 0.15) is 34.1 Å². The van der Waals surface area contributed by atoms with Crippen LogP contribution in [0.4, 0.5) is 0 Å². The first kappa shape index (κ1) is 11.5. The smallest absolute Gasteiger partial charge is 0.223 e. The van der Waals surface area contributed by atoms with E-state index in [0.29, 0.717) is 12.5 Å². The highest BCUT2D eigenvalue weighted by Gasteiger charge is 2.50. The number of nitrogens with two attached hydrogens (primary N) is 1. The molecule has 3 N–H and O–H groups in total. The molecule has 0 aromatic carbocycles. The van der Waals surface area contributed by atoms with Gasteiger partial charge in [-0.15, -0.1) is 0 Å². The van der Waals surface area contributed by atoms with Crippen molar-refractivity contribution in [2.45, 2.75) is 40.2 Å². The molecule has 1 aliphatic rings. The molecule has 0 radical (unpaired) electrons. The van der Waals surface area contributed by atoms with Gasteiger partial charge in [-0.2, -0.15) is 0 Å². The van der Waals surface area contributed by atoms with Crippen molar-refractivity contribution in [3.8, 4) is 0 Å². The number of hydrogen-bond acceptors (Lipinski definition) is 2. The number of amides is 1. The summed E-state index contributed by atoms with van der Waals surface area (Å²) in [6.07, 6.45) is 1.01. The van der Waals surface area contributed by atoms with Gasteiger partial charge in [0.25, 0.3) is 0 Å². The second kappa shape index (κ2) is 3.89. The molecular formula is C11H22N2O. The maximum Gasteiger partial charge on any atom is 0.223 e. The van der Waals surface area contributed by atoms with Gasteiger partial charge in [-0.05, 0) is 17.8 Å². The lowest BCUT2D eigenvalue weighted by molar-refractivity contribution is -0.123. The van der Waals surface area contributed by atoms with Crippen molar-refractivity contribution in [2.24, 2.45) is 23.0 Å². The summed E-state index contributed by atoms with van der Waals surface area (Å²) in [6.45, 7) is 8.98. The van der Waals surface area contributed by atoms with E-state index in [1.54, 1.807) is 0 Å². The van der Waals surface area contributed by atoms with Crippen LogP contribution in [0.3, 0.4) is 0 Å². The van der Waals surface area contributed by atoms with E-state index in [0.717, 1.165) is 6.42 Å². The third kappa shape index (κ3) is 2.71. The summed E-state index contributed by atoms with van der Waals surface area (Å²) < 4.78 is 0. The highest BCUT2D eigenvalue weighted by molar-refractivity contribution is 5.82. The van der Waals surface area contributed by atoms with Crippen LogP contribution in [-0.2, 0) is 4.79 Å². The van der Waals surface area contributed by atoms with Gasteiger partial charge in [-0.3, -0.25) is 4.79 Å². The van der Waals surface area contributed by atoms with E-state index in [9.17, 15) is 4.79 Å². The van der Waals surface area contributed by atoms with Crippen LogP contribution in [0.2, 0.25) is 0 Å². The standard InChI is InChI=1S/C11H22N2O/c1-7(2)9(12)6-13-10(14)8-5-11(8,3)4/h7-9H,5-6,12H2,1-4H3,(H,13,14). The first-order valence-corrected chi connectivity index (χ1v) is 5.38. The molecule has 1 saturated carbocycles. The average molecular weight is 198 g/mol. The van der Waals surface area contributed by atoms with Gasteiger partial charge >= 0.3 is 0 Å². The van der Waals surface area contributed by atoms with Crippen molar-refractivity contribution >= 4 is 5.91 Å². The van der Waals surface area contributed by atoms with Crippen LogP contribution < -0.4 is 11.1 Å². The zero-order valence-corrected chi connectivity index (χ0v) is 9.63. The predicted molar refractivity (Wildman–Crippen MR) is 57.7 cm³/mol. The minimum absolute atomic E-state index is 0.0702. The van der Waals surface area contributed by atoms with Crippen molar-refractivity contribution in [2.75, 3.05) is 6.54 Å². The first-order chi connectivity index (χ1) is 6.34. The quantitative estimate of drug-likeness (QED) is 0.711. The SMILES string of the molecule is CC(C)C(N)CNC(=O)C1CC1(C)C. The molecule has 0 heterocycles. The van der Waals surface area contributed by atoms with E-state index in [2.05, 4.69) is 33.0 Å². The Morgan fingerprint density at radius 1 is 1.57 bits per heavy atom. The zero-order valence-electron chi connectivity index (χ0n) is 9.63. The van der Waals surface area contributed by atoms with Gasteiger partial charge in [0, 0.05) is 18.5 Å². The third-order valence-electron chi connectivity index (χ3n) is 3.20. The summed E-state index contributed by atoms with van der Waals surface area (Å²) in [4.78, 5) is 11.6. The van der Waals surface area contributed by atoms with Crippen molar-refractivity contribution in [1.82, 2.24) is 5.32 Å². The Hall–Kier alpha value is -0.570. The molecule has 2 unspecified atom stereocenters. The molecule has 0 saturated heterocycles. The average Bonchev–Trinajstić information content (AvgIpc) is 2.70. The topological polar surface area (TPSA) is 55.1 Å². The van der Waals surface area contributed by atoms with E-state index in [1.165, 1.54) is 0 Å². The van der Waals surface area contributed by atoms with E-state index < -0.39 is 0 Å². The normalized spacial score (nSPS) is 26.0. The van der Waals surface area contributed by atoms with Gasteiger partial charge in [0.15, 0.2) is 0 Å². The van der Waals surface area contributed by atoms with Gasteiger partial charge in [0.05, 0.1) is 0 Å². The molecule has 3 heteroatoms. The molecule has 0 aromatic heterocycles. The molecular weight excluding hydrogens is 176 g/mol. The third-order valence-corrected chi connectivity index (χ3v) is 3.20. The molecule has 82 valence electrons. The summed E-state index contributed by atoms with van der Waals surface area (Å²) in [5, 5.41) is 2.92. The summed E-state index contributed by atoms with van der Waals surface area (Å²) in [6, 6.07) is 0.0702. The van der Waals surface area contributed by atoms with E-state index >= 15 is 0 Å². The van der Waals surface area contributed by atoms with Gasteiger partial charge in [0.2, 0.25) is 5.91 Å². The lowest BCUT2D eigenvalue weighted by atomic mass is 10.1. The van der Waals surface area contributed by atoms with Gasteiger partial charge in [0.1, 0.15) is 0 Å². The fourth-order valence-corrected chi connectivity index (χ4v) is 1.49. The Labute approximate surface area is 86.4 Å². The first-order valence-electron chi connectivity index (χ1n) is 5.38. The van der Waals surface area contributed by atoms with Crippen molar-refractivity contribution in [3.05, 3.63) is 0 Å². The molecule has 0 spiro atoms. The van der Waals surface area contributed by atoms with Crippen LogP contribution in [0.25, 0.3) is 0 Å². The van der Waals surface area contributed by atoms with Crippen molar-refractivity contribution < 1.29 is 4.79 Å². The molecule has 0 bridgehead atoms. The Kier molecular flexibility index (Phi) is 3.20. The molecule has 1 fully saturated rings. The van der Waals surface area contributed by atoms with E-state index in [4.69, 9.17) is 5.73 Å². The second-order valence-electron chi connectivity index (χ2n) is 5.40. The van der Waals surface area contributed by atoms with Crippen LogP contribution in [-0.4, -0.2) is 18.5 Å². The summed E-state index contributed by atoms with van der Waals surface area (Å²) in [5.41, 5.74) is 6.05. The van der Waals surface area contributed by atoms with Crippen LogP contribution >= 0.6 is 0 Å².